The third kappa shape index (κ3) is 431. The SMILES string of the molecule is [H-].[H-].[K+].[K+].[K][K].[K][K].[K][K].[K][K].[K][K].[K][K].[K][K].[K][K].[K][K].[K][K].[K][K].[K][K].[K][K].[K][K].[K][K].[K][K].[K][K].[K][K].[K][K].[K][K].[K][K].[K][K].[K][K].[K][K].[K][K].[K][K].[K][K].[K][K].[K][K].[K][K].[K][K].[K][K]. The Kier molecular flexibility index (Phi) is 1770. The standard InChI is InChI=1S/66K.2H/q;;;;;;;;;;;;;;;;;;;;;;;;;;;;;;;;;;;;;;;;;;;;;;;;;;;;;;;;;;;;;;;;2*+1;2*-1. The van der Waals surface area contributed by atoms with Gasteiger partial charge < -0.3 is 2.85 Å². The molecule has 0 atom stereocenters. The average molecular weight is 2580 g/mol. The zero-order valence-electron chi connectivity index (χ0n) is 68.0. The first-order valence-corrected chi connectivity index (χ1v) is 544. The van der Waals surface area contributed by atoms with Crippen LogP contribution in [0.3, 0.4) is 0 Å². The van der Waals surface area contributed by atoms with Gasteiger partial charge >= 0.3 is 2120 Å². The molecule has 0 aromatic rings. The van der Waals surface area contributed by atoms with Crippen molar-refractivity contribution in [2.24, 2.45) is 0 Å². The Hall–Kier alpha value is 108. The molecule has 0 radical (unpaired) electrons. The van der Waals surface area contributed by atoms with Gasteiger partial charge in [0.1, 0.15) is 0 Å². The molecular formula is H2K66. The van der Waals surface area contributed by atoms with Crippen LogP contribution >= 0.6 is 0 Å². The van der Waals surface area contributed by atoms with Crippen LogP contribution in [0.25, 0.3) is 0 Å². The van der Waals surface area contributed by atoms with E-state index in [9.17, 15) is 0 Å². The summed E-state index contributed by atoms with van der Waals surface area (Å²) in [4.78, 5) is 0. The van der Waals surface area contributed by atoms with E-state index in [1.165, 1.54) is 2020 Å². The fraction of sp³-hybridized carbons (Fsp3) is 0. The number of hydrogen-bond donors (Lipinski definition) is 0. The Balaban J connectivity index is -0.00000000456. The first-order chi connectivity index (χ1) is 32.0. The molecule has 66 heavy (non-hydrogen) atoms. The summed E-state index contributed by atoms with van der Waals surface area (Å²) < 4.78 is 0. The van der Waals surface area contributed by atoms with Crippen LogP contribution in [0.5, 0.6) is 0 Å². The van der Waals surface area contributed by atoms with Crippen molar-refractivity contribution in [3.8, 4) is 0 Å². The molecule has 0 N–H and O–H groups in total. The maximum atomic E-state index is 1.25. The van der Waals surface area contributed by atoms with E-state index in [-0.39, 0.29) is 106 Å². The second-order valence-electron chi connectivity index (χ2n) is 0. The summed E-state index contributed by atoms with van der Waals surface area (Å²) in [5, 5.41) is 0. The molecule has 68 valence electrons. The van der Waals surface area contributed by atoms with E-state index in [0.29, 0.717) is 0 Å². The van der Waals surface area contributed by atoms with Crippen LogP contribution in [-0.4, -0.2) is 2020 Å². The van der Waals surface area contributed by atoms with Gasteiger partial charge in [0.2, 0.25) is 0 Å². The van der Waals surface area contributed by atoms with Gasteiger partial charge in [-0.3, -0.25) is 0 Å². The summed E-state index contributed by atoms with van der Waals surface area (Å²) in [5.74, 6) is 0. The molecule has 0 aromatic heterocycles. The molecule has 0 aliphatic carbocycles. The zero-order valence-corrected chi connectivity index (χ0v) is 272. The number of rotatable bonds is 0. The predicted molar refractivity (Wildman–Crippen MR) is 370 cm³/mol. The van der Waals surface area contributed by atoms with E-state index >= 15 is 0 Å². The Labute approximate surface area is 1970 Å². The van der Waals surface area contributed by atoms with Crippen molar-refractivity contribution in [1.29, 1.82) is 0 Å². The fourth-order valence-corrected chi connectivity index (χ4v) is 0. The summed E-state index contributed by atoms with van der Waals surface area (Å²) in [6, 6.07) is 0. The molecule has 0 aromatic carbocycles. The van der Waals surface area contributed by atoms with Crippen molar-refractivity contribution in [3.63, 3.8) is 0 Å². The molecule has 0 saturated heterocycles. The van der Waals surface area contributed by atoms with E-state index in [1.54, 1.807) is 0 Å². The van der Waals surface area contributed by atoms with Gasteiger partial charge in [-0.25, -0.2) is 0 Å². The Bertz CT molecular complexity index is 13.0. The average Bonchev–Trinajstić information content (AvgIpc) is 3.55. The molecule has 0 fully saturated rings. The van der Waals surface area contributed by atoms with E-state index in [2.05, 4.69) is 0 Å². The first kappa shape index (κ1) is 266. The van der Waals surface area contributed by atoms with Crippen LogP contribution in [0.1, 0.15) is 2.85 Å². The zero-order chi connectivity index (χ0) is 64.0. The van der Waals surface area contributed by atoms with Gasteiger partial charge in [0.25, 0.3) is 0 Å². The van der Waals surface area contributed by atoms with E-state index in [0.717, 1.165) is 0 Å². The molecule has 0 nitrogen and oxygen atoms in total. The van der Waals surface area contributed by atoms with Crippen LogP contribution in [0.15, 0.2) is 0 Å². The fourth-order valence-electron chi connectivity index (χ4n) is 0. The van der Waals surface area contributed by atoms with Crippen molar-refractivity contribution in [2.75, 3.05) is 0 Å². The maximum absolute atomic E-state index is 1.25. The summed E-state index contributed by atoms with van der Waals surface area (Å²) in [6.45, 7) is 0. The van der Waals surface area contributed by atoms with Crippen LogP contribution in [0.4, 0.5) is 0 Å². The third-order valence-electron chi connectivity index (χ3n) is 0. The van der Waals surface area contributed by atoms with Gasteiger partial charge in [-0.1, -0.05) is 0 Å². The second kappa shape index (κ2) is 439. The second-order valence-corrected chi connectivity index (χ2v) is 0. The third-order valence-corrected chi connectivity index (χ3v) is 0. The molecule has 0 rings (SSSR count). The topological polar surface area (TPSA) is 0 Å². The van der Waals surface area contributed by atoms with Crippen LogP contribution in [0.2, 0.25) is 0 Å². The van der Waals surface area contributed by atoms with Crippen molar-refractivity contribution in [3.05, 3.63) is 0 Å². The summed E-state index contributed by atoms with van der Waals surface area (Å²) in [6.07, 6.45) is 0. The first-order valence-electron chi connectivity index (χ1n) is 32.0. The van der Waals surface area contributed by atoms with Gasteiger partial charge in [0.15, 0.2) is 0 Å². The minimum atomic E-state index is 0. The minimum absolute atomic E-state index is 0. The van der Waals surface area contributed by atoms with Crippen molar-refractivity contribution < 1.29 is 106 Å². The molecule has 0 spiro atoms. The Morgan fingerprint density at radius 3 is 0.0606 bits per heavy atom. The van der Waals surface area contributed by atoms with Gasteiger partial charge in [-0.2, -0.15) is 0 Å². The normalized spacial score (nSPS) is 3.88. The molecule has 0 aliphatic rings. The van der Waals surface area contributed by atoms with Crippen molar-refractivity contribution >= 4 is 2020 Å². The number of hydrogen-bond acceptors (Lipinski definition) is 0. The molecule has 0 aliphatic heterocycles. The predicted octanol–water partition coefficient (Wildman–Crippen LogP) is -30.1. The molecular weight excluding hydrogens is 2580 g/mol. The van der Waals surface area contributed by atoms with Gasteiger partial charge in [-0.05, 0) is 0 Å². The molecule has 0 amide bonds. The molecule has 0 heterocycles. The van der Waals surface area contributed by atoms with Crippen LogP contribution in [0, 0.1) is 0 Å². The summed E-state index contributed by atoms with van der Waals surface area (Å²) >= 11 is 80.0. The van der Waals surface area contributed by atoms with E-state index < -0.39 is 0 Å². The van der Waals surface area contributed by atoms with Gasteiger partial charge in [-0.15, -0.1) is 0 Å². The summed E-state index contributed by atoms with van der Waals surface area (Å²) in [5.41, 5.74) is 0. The molecule has 0 unspecified atom stereocenters. The van der Waals surface area contributed by atoms with Crippen molar-refractivity contribution in [2.45, 2.75) is 0 Å². The molecule has 66 heteroatoms. The molecule has 0 bridgehead atoms. The van der Waals surface area contributed by atoms with Crippen LogP contribution in [-0.2, 0) is 0 Å². The van der Waals surface area contributed by atoms with E-state index in [4.69, 9.17) is 0 Å². The Morgan fingerprint density at radius 2 is 0.0606 bits per heavy atom. The molecule has 0 saturated carbocycles. The van der Waals surface area contributed by atoms with Gasteiger partial charge in [0, 0.05) is 0 Å². The summed E-state index contributed by atoms with van der Waals surface area (Å²) in [7, 11) is 0. The van der Waals surface area contributed by atoms with Crippen molar-refractivity contribution in [1.82, 2.24) is 0 Å². The monoisotopic (exact) mass is 2570 g/mol. The van der Waals surface area contributed by atoms with Gasteiger partial charge in [0.05, 0.1) is 0 Å². The Morgan fingerprint density at radius 1 is 0.0606 bits per heavy atom. The van der Waals surface area contributed by atoms with E-state index in [1.807, 2.05) is 0 Å². The quantitative estimate of drug-likeness (QED) is 0.212. The van der Waals surface area contributed by atoms with Crippen LogP contribution < -0.4 is 103 Å².